The molecule has 0 radical (unpaired) electrons. The molecular formula is C21H22ClN5O2. The van der Waals surface area contributed by atoms with E-state index in [1.54, 1.807) is 19.1 Å². The Kier molecular flexibility index (Phi) is 5.67. The third kappa shape index (κ3) is 4.19. The summed E-state index contributed by atoms with van der Waals surface area (Å²) >= 11 is 6.15. The van der Waals surface area contributed by atoms with Crippen LogP contribution in [0.3, 0.4) is 0 Å². The normalized spacial score (nSPS) is 14.7. The summed E-state index contributed by atoms with van der Waals surface area (Å²) < 4.78 is 5.16. The Morgan fingerprint density at radius 2 is 1.90 bits per heavy atom. The summed E-state index contributed by atoms with van der Waals surface area (Å²) in [6, 6.07) is 15.7. The Labute approximate surface area is 173 Å². The van der Waals surface area contributed by atoms with Gasteiger partial charge < -0.3 is 14.6 Å². The summed E-state index contributed by atoms with van der Waals surface area (Å²) in [5.74, 6) is -0.456. The van der Waals surface area contributed by atoms with Crippen LogP contribution in [0.5, 0.6) is 0 Å². The number of ether oxygens (including phenoxy) is 1. The molecule has 1 N–H and O–H groups in total. The van der Waals surface area contributed by atoms with E-state index in [1.807, 2.05) is 29.3 Å². The summed E-state index contributed by atoms with van der Waals surface area (Å²) in [5, 5.41) is 12.0. The van der Waals surface area contributed by atoms with E-state index in [9.17, 15) is 4.79 Å². The fourth-order valence-electron chi connectivity index (χ4n) is 3.40. The highest BCUT2D eigenvalue weighted by molar-refractivity contribution is 6.31. The Bertz CT molecular complexity index is 1030. The van der Waals surface area contributed by atoms with Gasteiger partial charge in [-0.05, 0) is 37.3 Å². The van der Waals surface area contributed by atoms with Crippen LogP contribution >= 0.6 is 11.6 Å². The number of aromatic nitrogens is 1. The van der Waals surface area contributed by atoms with E-state index in [1.165, 1.54) is 5.69 Å². The van der Waals surface area contributed by atoms with Crippen molar-refractivity contribution in [2.75, 3.05) is 37.7 Å². The highest BCUT2D eigenvalue weighted by Gasteiger charge is 2.21. The van der Waals surface area contributed by atoms with Crippen molar-refractivity contribution in [2.24, 2.45) is 10.3 Å². The molecule has 8 heteroatoms. The molecule has 0 unspecified atom stereocenters. The smallest absolute Gasteiger partial charge is 0.357 e. The first kappa shape index (κ1) is 19.3. The Balaban J connectivity index is 1.54. The lowest BCUT2D eigenvalue weighted by molar-refractivity contribution is 0.0521. The molecule has 1 aromatic heterocycles. The van der Waals surface area contributed by atoms with Crippen LogP contribution in [0.1, 0.15) is 17.4 Å². The Morgan fingerprint density at radius 1 is 1.14 bits per heavy atom. The first-order valence-corrected chi connectivity index (χ1v) is 9.98. The summed E-state index contributed by atoms with van der Waals surface area (Å²) in [4.78, 5) is 17.8. The van der Waals surface area contributed by atoms with Crippen LogP contribution in [0, 0.1) is 0 Å². The number of anilines is 1. The van der Waals surface area contributed by atoms with Gasteiger partial charge in [0.2, 0.25) is 0 Å². The average Bonchev–Trinajstić information content (AvgIpc) is 3.11. The van der Waals surface area contributed by atoms with E-state index in [0.29, 0.717) is 10.7 Å². The number of carbonyl (C=O) groups excluding carboxylic acids is 1. The molecule has 2 heterocycles. The second-order valence-corrected chi connectivity index (χ2v) is 7.16. The van der Waals surface area contributed by atoms with Crippen molar-refractivity contribution in [3.05, 3.63) is 59.2 Å². The number of nitrogens with zero attached hydrogens (tertiary/aromatic N) is 4. The number of hydrogen-bond donors (Lipinski definition) is 1. The molecule has 4 rings (SSSR count). The third-order valence-corrected chi connectivity index (χ3v) is 5.10. The maximum absolute atomic E-state index is 12.4. The molecular weight excluding hydrogens is 390 g/mol. The molecule has 0 bridgehead atoms. The number of esters is 1. The van der Waals surface area contributed by atoms with Crippen molar-refractivity contribution in [2.45, 2.75) is 6.92 Å². The van der Waals surface area contributed by atoms with Gasteiger partial charge >= 0.3 is 5.97 Å². The van der Waals surface area contributed by atoms with Gasteiger partial charge in [-0.25, -0.2) is 4.79 Å². The fourth-order valence-corrected chi connectivity index (χ4v) is 3.57. The third-order valence-electron chi connectivity index (χ3n) is 4.86. The van der Waals surface area contributed by atoms with Crippen molar-refractivity contribution < 1.29 is 9.53 Å². The summed E-state index contributed by atoms with van der Waals surface area (Å²) in [7, 11) is 0. The minimum absolute atomic E-state index is 0.285. The predicted octanol–water partition coefficient (Wildman–Crippen LogP) is 4.82. The van der Waals surface area contributed by atoms with Crippen molar-refractivity contribution in [3.8, 4) is 0 Å². The van der Waals surface area contributed by atoms with Gasteiger partial charge in [-0.3, -0.25) is 5.01 Å². The maximum Gasteiger partial charge on any atom is 0.357 e. The molecule has 1 aliphatic heterocycles. The zero-order valence-electron chi connectivity index (χ0n) is 16.1. The van der Waals surface area contributed by atoms with Gasteiger partial charge in [0.25, 0.3) is 0 Å². The van der Waals surface area contributed by atoms with E-state index in [0.717, 1.165) is 37.1 Å². The first-order chi connectivity index (χ1) is 14.2. The minimum atomic E-state index is -0.456. The number of aromatic amines is 1. The van der Waals surface area contributed by atoms with Crippen LogP contribution in [0.25, 0.3) is 10.9 Å². The number of benzene rings is 2. The van der Waals surface area contributed by atoms with E-state index >= 15 is 0 Å². The number of hydrogen-bond acceptors (Lipinski definition) is 5. The standard InChI is InChI=1S/C21H22ClN5O2/c1-2-29-21(28)20-19(17-14-15(22)8-9-18(17)23-20)24-25-27-12-10-26(11-13-27)16-6-4-3-5-7-16/h3-9,14,23H,2,10-13H2,1H3. The van der Waals surface area contributed by atoms with Gasteiger partial charge in [-0.15, -0.1) is 5.11 Å². The highest BCUT2D eigenvalue weighted by Crippen LogP contribution is 2.33. The van der Waals surface area contributed by atoms with Crippen LogP contribution in [0.15, 0.2) is 58.9 Å². The first-order valence-electron chi connectivity index (χ1n) is 9.60. The number of piperazine rings is 1. The molecule has 0 aliphatic carbocycles. The summed E-state index contributed by atoms with van der Waals surface area (Å²) in [6.45, 7) is 5.26. The maximum atomic E-state index is 12.4. The topological polar surface area (TPSA) is 73.3 Å². The molecule has 150 valence electrons. The molecule has 0 atom stereocenters. The monoisotopic (exact) mass is 411 g/mol. The molecule has 2 aromatic carbocycles. The zero-order chi connectivity index (χ0) is 20.2. The molecule has 0 saturated carbocycles. The second kappa shape index (κ2) is 8.53. The number of nitrogens with one attached hydrogen (secondary N) is 1. The van der Waals surface area contributed by atoms with Crippen LogP contribution < -0.4 is 4.90 Å². The number of para-hydroxylation sites is 1. The lowest BCUT2D eigenvalue weighted by Gasteiger charge is -2.33. The predicted molar refractivity (Wildman–Crippen MR) is 114 cm³/mol. The van der Waals surface area contributed by atoms with Gasteiger partial charge in [0.15, 0.2) is 5.69 Å². The largest absolute Gasteiger partial charge is 0.461 e. The van der Waals surface area contributed by atoms with Gasteiger partial charge in [0.05, 0.1) is 19.7 Å². The molecule has 0 amide bonds. The van der Waals surface area contributed by atoms with Gasteiger partial charge in [0.1, 0.15) is 5.69 Å². The molecule has 29 heavy (non-hydrogen) atoms. The molecule has 3 aromatic rings. The number of halogens is 1. The molecule has 1 saturated heterocycles. The highest BCUT2D eigenvalue weighted by atomic mass is 35.5. The fraction of sp³-hybridized carbons (Fsp3) is 0.286. The average molecular weight is 412 g/mol. The summed E-state index contributed by atoms with van der Waals surface area (Å²) in [6.07, 6.45) is 0. The van der Waals surface area contributed by atoms with Gasteiger partial charge in [-0.1, -0.05) is 35.0 Å². The number of fused-ring (bicyclic) bond motifs is 1. The Hall–Kier alpha value is -3.06. The van der Waals surface area contributed by atoms with Crippen molar-refractivity contribution >= 4 is 39.8 Å². The number of H-pyrrole nitrogens is 1. The van der Waals surface area contributed by atoms with E-state index < -0.39 is 5.97 Å². The minimum Gasteiger partial charge on any atom is -0.461 e. The molecule has 0 spiro atoms. The van der Waals surface area contributed by atoms with Crippen LogP contribution in [0.4, 0.5) is 11.4 Å². The van der Waals surface area contributed by atoms with Gasteiger partial charge in [-0.2, -0.15) is 0 Å². The number of carbonyl (C=O) groups is 1. The summed E-state index contributed by atoms with van der Waals surface area (Å²) in [5.41, 5.74) is 2.71. The van der Waals surface area contributed by atoms with E-state index in [2.05, 4.69) is 32.4 Å². The molecule has 1 fully saturated rings. The number of rotatable bonds is 5. The van der Waals surface area contributed by atoms with E-state index in [4.69, 9.17) is 16.3 Å². The lowest BCUT2D eigenvalue weighted by Crippen LogP contribution is -2.43. The van der Waals surface area contributed by atoms with E-state index in [-0.39, 0.29) is 12.3 Å². The van der Waals surface area contributed by atoms with Crippen molar-refractivity contribution in [1.82, 2.24) is 9.99 Å². The van der Waals surface area contributed by atoms with Crippen molar-refractivity contribution in [3.63, 3.8) is 0 Å². The Morgan fingerprint density at radius 3 is 2.62 bits per heavy atom. The molecule has 7 nitrogen and oxygen atoms in total. The zero-order valence-corrected chi connectivity index (χ0v) is 16.9. The van der Waals surface area contributed by atoms with Crippen LogP contribution in [-0.4, -0.2) is 48.7 Å². The quantitative estimate of drug-likeness (QED) is 0.482. The van der Waals surface area contributed by atoms with Crippen molar-refractivity contribution in [1.29, 1.82) is 0 Å². The SMILES string of the molecule is CCOC(=O)c1[nH]c2ccc(Cl)cc2c1N=NN1CCN(c2ccccc2)CC1. The van der Waals surface area contributed by atoms with Crippen LogP contribution in [-0.2, 0) is 4.74 Å². The molecule has 1 aliphatic rings. The lowest BCUT2D eigenvalue weighted by atomic mass is 10.2. The van der Waals surface area contributed by atoms with Gasteiger partial charge in [0, 0.05) is 34.7 Å². The second-order valence-electron chi connectivity index (χ2n) is 6.72. The van der Waals surface area contributed by atoms with Crippen LogP contribution in [0.2, 0.25) is 5.02 Å².